The first-order valence-corrected chi connectivity index (χ1v) is 9.60. The molecule has 0 spiro atoms. The number of nitrogens with one attached hydrogen (secondary N) is 2. The van der Waals surface area contributed by atoms with Gasteiger partial charge in [0.1, 0.15) is 17.5 Å². The van der Waals surface area contributed by atoms with Crippen LogP contribution in [0.2, 0.25) is 5.02 Å². The molecule has 1 atom stereocenters. The van der Waals surface area contributed by atoms with Crippen LogP contribution in [0.1, 0.15) is 24.2 Å². The topological polar surface area (TPSA) is 90.8 Å². The normalized spacial score (nSPS) is 12.6. The van der Waals surface area contributed by atoms with Gasteiger partial charge in [-0.1, -0.05) is 11.6 Å². The Kier molecular flexibility index (Phi) is 7.74. The molecular weight excluding hydrogens is 528 g/mol. The largest absolute Gasteiger partial charge is 0.394 e. The summed E-state index contributed by atoms with van der Waals surface area (Å²) in [6.07, 6.45) is -1.34. The highest BCUT2D eigenvalue weighted by molar-refractivity contribution is 14.1. The predicted molar refractivity (Wildman–Crippen MR) is 109 cm³/mol. The van der Waals surface area contributed by atoms with Gasteiger partial charge in [-0.3, -0.25) is 9.63 Å². The molecule has 11 heteroatoms. The molecule has 0 aliphatic carbocycles. The summed E-state index contributed by atoms with van der Waals surface area (Å²) in [5.41, 5.74) is -0.742. The molecule has 29 heavy (non-hydrogen) atoms. The Balaban J connectivity index is 2.39. The first-order chi connectivity index (χ1) is 13.5. The summed E-state index contributed by atoms with van der Waals surface area (Å²) in [4.78, 5) is 17.6. The third-order valence-electron chi connectivity index (χ3n) is 3.98. The maximum Gasteiger partial charge on any atom is 0.277 e. The van der Waals surface area contributed by atoms with E-state index in [1.54, 1.807) is 0 Å². The predicted octanol–water partition coefficient (Wildman–Crippen LogP) is 3.90. The monoisotopic (exact) mass is 544 g/mol. The van der Waals surface area contributed by atoms with Crippen molar-refractivity contribution in [3.8, 4) is 0 Å². The van der Waals surface area contributed by atoms with Gasteiger partial charge in [0.2, 0.25) is 0 Å². The lowest BCUT2D eigenvalue weighted by atomic mass is 10.0. The molecule has 6 nitrogen and oxygen atoms in total. The second kappa shape index (κ2) is 9.47. The van der Waals surface area contributed by atoms with Crippen molar-refractivity contribution in [1.29, 1.82) is 0 Å². The van der Waals surface area contributed by atoms with Gasteiger partial charge in [-0.05, 0) is 60.7 Å². The lowest BCUT2D eigenvalue weighted by Crippen LogP contribution is -2.46. The second-order valence-corrected chi connectivity index (χ2v) is 8.15. The number of benzene rings is 2. The highest BCUT2D eigenvalue weighted by atomic mass is 127. The summed E-state index contributed by atoms with van der Waals surface area (Å²) in [7, 11) is 0. The van der Waals surface area contributed by atoms with Gasteiger partial charge in [0, 0.05) is 3.57 Å². The summed E-state index contributed by atoms with van der Waals surface area (Å²) >= 11 is 7.52. The molecule has 2 aromatic carbocycles. The lowest BCUT2D eigenvalue weighted by molar-refractivity contribution is -0.144. The third-order valence-corrected chi connectivity index (χ3v) is 4.93. The molecule has 2 rings (SSSR count). The third kappa shape index (κ3) is 5.51. The highest BCUT2D eigenvalue weighted by Gasteiger charge is 2.31. The van der Waals surface area contributed by atoms with Gasteiger partial charge in [0.15, 0.2) is 11.6 Å². The molecule has 0 aliphatic heterocycles. The minimum atomic E-state index is -1.49. The molecule has 0 aromatic heterocycles. The van der Waals surface area contributed by atoms with Crippen molar-refractivity contribution in [3.63, 3.8) is 0 Å². The van der Waals surface area contributed by atoms with Gasteiger partial charge in [-0.15, -0.1) is 0 Å². The average molecular weight is 545 g/mol. The second-order valence-electron chi connectivity index (χ2n) is 6.49. The molecule has 0 aliphatic rings. The van der Waals surface area contributed by atoms with Crippen LogP contribution in [-0.2, 0) is 4.84 Å². The lowest BCUT2D eigenvalue weighted by Gasteiger charge is -2.28. The number of aliphatic hydroxyl groups is 2. The van der Waals surface area contributed by atoms with Crippen LogP contribution < -0.4 is 10.8 Å². The van der Waals surface area contributed by atoms with E-state index in [1.165, 1.54) is 26.0 Å². The van der Waals surface area contributed by atoms with E-state index in [-0.39, 0.29) is 5.69 Å². The van der Waals surface area contributed by atoms with Crippen molar-refractivity contribution in [3.05, 3.63) is 55.9 Å². The first-order valence-electron chi connectivity index (χ1n) is 8.14. The van der Waals surface area contributed by atoms with Gasteiger partial charge in [-0.2, -0.15) is 0 Å². The number of hydrogen-bond acceptors (Lipinski definition) is 5. The maximum absolute atomic E-state index is 14.5. The number of anilines is 2. The van der Waals surface area contributed by atoms with Gasteiger partial charge >= 0.3 is 0 Å². The average Bonchev–Trinajstić information content (AvgIpc) is 2.67. The number of aliphatic hydroxyl groups excluding tert-OH is 2. The van der Waals surface area contributed by atoms with E-state index in [1.807, 2.05) is 28.1 Å². The van der Waals surface area contributed by atoms with E-state index in [0.717, 1.165) is 12.1 Å². The van der Waals surface area contributed by atoms with Crippen molar-refractivity contribution in [2.75, 3.05) is 11.9 Å². The fourth-order valence-corrected chi connectivity index (χ4v) is 2.79. The van der Waals surface area contributed by atoms with E-state index in [9.17, 15) is 23.1 Å². The number of rotatable bonds is 7. The fourth-order valence-electron chi connectivity index (χ4n) is 2.14. The highest BCUT2D eigenvalue weighted by Crippen LogP contribution is 2.32. The Bertz CT molecular complexity index is 930. The number of amides is 1. The fraction of sp³-hybridized carbons (Fsp3) is 0.278. The molecule has 0 saturated carbocycles. The number of hydroxylamine groups is 1. The number of halogens is 5. The zero-order valence-electron chi connectivity index (χ0n) is 15.2. The summed E-state index contributed by atoms with van der Waals surface area (Å²) in [5, 5.41) is 20.4. The summed E-state index contributed by atoms with van der Waals surface area (Å²) in [5.74, 6) is -4.71. The van der Waals surface area contributed by atoms with Gasteiger partial charge in [0.05, 0.1) is 28.6 Å². The van der Waals surface area contributed by atoms with Crippen molar-refractivity contribution < 1.29 is 33.0 Å². The van der Waals surface area contributed by atoms with E-state index < -0.39 is 57.9 Å². The molecule has 0 bridgehead atoms. The van der Waals surface area contributed by atoms with Crippen LogP contribution in [0.4, 0.5) is 24.5 Å². The molecular formula is C18H17ClF3IN2O4. The SMILES string of the molecule is CC(C)(ONC(=O)c1cc(Cl)c(F)c(F)c1Nc1ccc(I)cc1F)C(O)CO. The van der Waals surface area contributed by atoms with Crippen molar-refractivity contribution >= 4 is 51.5 Å². The minimum Gasteiger partial charge on any atom is -0.394 e. The van der Waals surface area contributed by atoms with Crippen molar-refractivity contribution in [1.82, 2.24) is 5.48 Å². The summed E-state index contributed by atoms with van der Waals surface area (Å²) < 4.78 is 43.2. The van der Waals surface area contributed by atoms with Crippen LogP contribution in [0.3, 0.4) is 0 Å². The van der Waals surface area contributed by atoms with E-state index in [2.05, 4.69) is 5.32 Å². The van der Waals surface area contributed by atoms with Gasteiger partial charge < -0.3 is 15.5 Å². The van der Waals surface area contributed by atoms with Gasteiger partial charge in [-0.25, -0.2) is 18.7 Å². The summed E-state index contributed by atoms with van der Waals surface area (Å²) in [6, 6.07) is 4.83. The molecule has 4 N–H and O–H groups in total. The van der Waals surface area contributed by atoms with Crippen molar-refractivity contribution in [2.45, 2.75) is 25.6 Å². The Hall–Kier alpha value is -1.60. The van der Waals surface area contributed by atoms with E-state index in [4.69, 9.17) is 21.5 Å². The van der Waals surface area contributed by atoms with Crippen LogP contribution in [0.25, 0.3) is 0 Å². The van der Waals surface area contributed by atoms with Crippen LogP contribution in [0, 0.1) is 21.0 Å². The van der Waals surface area contributed by atoms with E-state index >= 15 is 0 Å². The molecule has 158 valence electrons. The smallest absolute Gasteiger partial charge is 0.277 e. The number of carbonyl (C=O) groups is 1. The molecule has 0 saturated heterocycles. The Morgan fingerprint density at radius 1 is 1.28 bits per heavy atom. The Morgan fingerprint density at radius 2 is 1.93 bits per heavy atom. The zero-order chi connectivity index (χ0) is 21.9. The summed E-state index contributed by atoms with van der Waals surface area (Å²) in [6.45, 7) is 2.12. The van der Waals surface area contributed by atoms with Crippen LogP contribution in [0.15, 0.2) is 24.3 Å². The first kappa shape index (κ1) is 23.7. The number of carbonyl (C=O) groups excluding carboxylic acids is 1. The quantitative estimate of drug-likeness (QED) is 0.241. The zero-order valence-corrected chi connectivity index (χ0v) is 18.1. The van der Waals surface area contributed by atoms with Crippen LogP contribution in [-0.4, -0.2) is 34.4 Å². The number of hydrogen-bond donors (Lipinski definition) is 4. The molecule has 0 fully saturated rings. The van der Waals surface area contributed by atoms with Crippen LogP contribution in [0.5, 0.6) is 0 Å². The van der Waals surface area contributed by atoms with E-state index in [0.29, 0.717) is 3.57 Å². The molecule has 0 heterocycles. The molecule has 1 amide bonds. The Morgan fingerprint density at radius 3 is 2.52 bits per heavy atom. The van der Waals surface area contributed by atoms with Crippen LogP contribution >= 0.6 is 34.2 Å². The van der Waals surface area contributed by atoms with Gasteiger partial charge in [0.25, 0.3) is 5.91 Å². The standard InChI is InChI=1S/C18H17ClF3IN2O4/c1-18(2,13(27)7-26)29-25-17(28)9-6-10(19)14(21)15(22)16(9)24-12-4-3-8(23)5-11(12)20/h3-6,13,24,26-27H,7H2,1-2H3,(H,25,28). The molecule has 1 unspecified atom stereocenters. The maximum atomic E-state index is 14.5. The molecule has 0 radical (unpaired) electrons. The minimum absolute atomic E-state index is 0.197. The Labute approximate surface area is 183 Å². The molecule has 2 aromatic rings. The van der Waals surface area contributed by atoms with Crippen molar-refractivity contribution in [2.24, 2.45) is 0 Å².